The third kappa shape index (κ3) is 13.8. The van der Waals surface area contributed by atoms with Gasteiger partial charge in [-0.15, -0.1) is 0 Å². The largest absolute Gasteiger partial charge is 0.488 e. The summed E-state index contributed by atoms with van der Waals surface area (Å²) in [5, 5.41) is 17.3. The van der Waals surface area contributed by atoms with Gasteiger partial charge in [0.2, 0.25) is 0 Å². The number of rotatable bonds is 4. The summed E-state index contributed by atoms with van der Waals surface area (Å²) in [6.07, 6.45) is 0.500. The number of nitrogens with zero attached hydrogens (tertiary/aromatic N) is 2. The van der Waals surface area contributed by atoms with Gasteiger partial charge in [0.15, 0.2) is 0 Å². The Hall–Kier alpha value is -5.34. The maximum atomic E-state index is 8.67. The normalized spacial score (nSPS) is 9.27. The van der Waals surface area contributed by atoms with Crippen LogP contribution in [-0.2, 0) is 19.2 Å². The Morgan fingerprint density at radius 3 is 1.27 bits per heavy atom. The highest BCUT2D eigenvalue weighted by molar-refractivity contribution is 9.10. The number of carbonyl (C=O) groups excluding carboxylic acids is 4. The van der Waals surface area contributed by atoms with Crippen LogP contribution in [0.25, 0.3) is 22.5 Å². The van der Waals surface area contributed by atoms with Gasteiger partial charge in [-0.05, 0) is 113 Å². The van der Waals surface area contributed by atoms with Crippen molar-refractivity contribution in [3.63, 3.8) is 0 Å². The van der Waals surface area contributed by atoms with E-state index in [1.807, 2.05) is 25.1 Å². The lowest BCUT2D eigenvalue weighted by Gasteiger charge is -2.11. The molecule has 0 spiro atoms. The van der Waals surface area contributed by atoms with Crippen LogP contribution in [0.5, 0.6) is 0 Å². The average molecular weight is 752 g/mol. The van der Waals surface area contributed by atoms with Gasteiger partial charge >= 0.3 is 19.4 Å². The first kappa shape index (κ1) is 43.7. The van der Waals surface area contributed by atoms with Crippen molar-refractivity contribution in [1.29, 1.82) is 0 Å². The molecule has 2 heterocycles. The second-order valence-electron chi connectivity index (χ2n) is 11.3. The molecule has 0 amide bonds. The molecule has 0 saturated carbocycles. The van der Waals surface area contributed by atoms with Crippen LogP contribution in [0.4, 0.5) is 0 Å². The van der Waals surface area contributed by atoms with E-state index < -0.39 is 7.12 Å². The van der Waals surface area contributed by atoms with Gasteiger partial charge in [0.1, 0.15) is 0 Å². The summed E-state index contributed by atoms with van der Waals surface area (Å²) >= 11 is 3.48. The highest BCUT2D eigenvalue weighted by atomic mass is 79.9. The van der Waals surface area contributed by atoms with Crippen molar-refractivity contribution < 1.29 is 29.2 Å². The van der Waals surface area contributed by atoms with E-state index in [4.69, 9.17) is 29.2 Å². The van der Waals surface area contributed by atoms with Gasteiger partial charge in [-0.3, -0.25) is 0 Å². The Morgan fingerprint density at radius 1 is 0.510 bits per heavy atom. The first-order valence-corrected chi connectivity index (χ1v) is 16.3. The van der Waals surface area contributed by atoms with Crippen LogP contribution >= 0.6 is 15.9 Å². The van der Waals surface area contributed by atoms with Crippen molar-refractivity contribution >= 4 is 40.8 Å². The second-order valence-corrected chi connectivity index (χ2v) is 12.2. The predicted octanol–water partition coefficient (Wildman–Crippen LogP) is 8.07. The van der Waals surface area contributed by atoms with E-state index in [1.54, 1.807) is 12.1 Å². The molecule has 0 aliphatic heterocycles. The van der Waals surface area contributed by atoms with Crippen molar-refractivity contribution in [3.8, 4) is 22.5 Å². The molecule has 0 radical (unpaired) electrons. The molecule has 8 nitrogen and oxygen atoms in total. The van der Waals surface area contributed by atoms with Crippen molar-refractivity contribution in [1.82, 2.24) is 9.13 Å². The maximum Gasteiger partial charge on any atom is 0.488 e. The van der Waals surface area contributed by atoms with E-state index in [1.165, 1.54) is 50.8 Å². The minimum absolute atomic E-state index is 0. The molecule has 0 bridgehead atoms. The van der Waals surface area contributed by atoms with Gasteiger partial charge < -0.3 is 19.2 Å². The Bertz CT molecular complexity index is 1950. The Morgan fingerprint density at radius 2 is 0.882 bits per heavy atom. The zero-order valence-electron chi connectivity index (χ0n) is 28.9. The van der Waals surface area contributed by atoms with Gasteiger partial charge in [0, 0.05) is 38.6 Å². The topological polar surface area (TPSA) is 119 Å². The number of benzene rings is 4. The fraction of sp³-hybridized carbons (Fsp3) is 0.171. The lowest BCUT2D eigenvalue weighted by atomic mass is 9.80. The zero-order valence-corrected chi connectivity index (χ0v) is 30.5. The molecule has 2 aromatic heterocycles. The molecular formula is C41H44BBrN2O6. The molecule has 10 heteroatoms. The average Bonchev–Trinajstić information content (AvgIpc) is 3.61. The van der Waals surface area contributed by atoms with Gasteiger partial charge in [-0.2, -0.15) is 19.2 Å². The van der Waals surface area contributed by atoms with Crippen LogP contribution in [0.15, 0.2) is 126 Å². The molecule has 0 atom stereocenters. The van der Waals surface area contributed by atoms with Gasteiger partial charge in [0.25, 0.3) is 0 Å². The van der Waals surface area contributed by atoms with E-state index >= 15 is 0 Å². The van der Waals surface area contributed by atoms with E-state index in [2.05, 4.69) is 151 Å². The molecule has 264 valence electrons. The lowest BCUT2D eigenvalue weighted by Crippen LogP contribution is -2.29. The molecule has 0 unspecified atom stereocenters. The fourth-order valence-corrected chi connectivity index (χ4v) is 5.46. The van der Waals surface area contributed by atoms with E-state index in [-0.39, 0.29) is 19.7 Å². The van der Waals surface area contributed by atoms with E-state index in [9.17, 15) is 0 Å². The SMILES string of the molecule is C.Cc1ccc(-c2cccc(-n3c(C)ccc3C)c2)cc1.Cc1ccc(B(O)O)cc1.Cc1ccc(C)n1-c1cccc(Br)c1.O=C=O.O=C=O. The molecule has 0 aliphatic rings. The van der Waals surface area contributed by atoms with Crippen molar-refractivity contribution in [3.05, 3.63) is 160 Å². The zero-order chi connectivity index (χ0) is 37.2. The summed E-state index contributed by atoms with van der Waals surface area (Å²) in [5.41, 5.74) is 13.0. The summed E-state index contributed by atoms with van der Waals surface area (Å²) in [5.74, 6) is 0. The summed E-state index contributed by atoms with van der Waals surface area (Å²) in [7, 11) is -1.35. The van der Waals surface area contributed by atoms with Crippen LogP contribution in [0, 0.1) is 41.5 Å². The predicted molar refractivity (Wildman–Crippen MR) is 206 cm³/mol. The highest BCUT2D eigenvalue weighted by Gasteiger charge is 2.08. The van der Waals surface area contributed by atoms with Crippen LogP contribution in [0.2, 0.25) is 0 Å². The quantitative estimate of drug-likeness (QED) is 0.176. The summed E-state index contributed by atoms with van der Waals surface area (Å²) in [4.78, 5) is 32.5. The standard InChI is InChI=1S/C19H19N.C12H12BrN.C7H9BO2.2CO2.CH4/c1-14-7-11-17(12-8-14)18-5-4-6-19(13-18)20-15(2)9-10-16(20)3;1-9-6-7-10(2)14(9)12-5-3-4-11(13)8-12;1-6-2-4-7(5-3-6)8(9)10;2*2-1-3;/h4-13H,1-3H3;3-8H,1-2H3;2-5,9-10H,1H3;;;1H4. The Balaban J connectivity index is 0.000000368. The number of halogens is 1. The Labute approximate surface area is 309 Å². The molecular weight excluding hydrogens is 707 g/mol. The molecule has 0 fully saturated rings. The molecule has 51 heavy (non-hydrogen) atoms. The van der Waals surface area contributed by atoms with Gasteiger partial charge in [-0.25, -0.2) is 0 Å². The van der Waals surface area contributed by atoms with Crippen LogP contribution in [0.3, 0.4) is 0 Å². The minimum atomic E-state index is -1.35. The second kappa shape index (κ2) is 22.4. The lowest BCUT2D eigenvalue weighted by molar-refractivity contribution is -0.193. The number of aromatic nitrogens is 2. The molecule has 4 aromatic carbocycles. The van der Waals surface area contributed by atoms with E-state index in [0.717, 1.165) is 10.0 Å². The number of hydrogen-bond acceptors (Lipinski definition) is 6. The molecule has 2 N–H and O–H groups in total. The van der Waals surface area contributed by atoms with Crippen LogP contribution < -0.4 is 5.46 Å². The smallest absolute Gasteiger partial charge is 0.423 e. The van der Waals surface area contributed by atoms with Crippen LogP contribution in [0.1, 0.15) is 41.3 Å². The van der Waals surface area contributed by atoms with Gasteiger partial charge in [-0.1, -0.05) is 101 Å². The number of hydrogen-bond donors (Lipinski definition) is 2. The third-order valence-electron chi connectivity index (χ3n) is 7.47. The van der Waals surface area contributed by atoms with Crippen molar-refractivity contribution in [2.45, 2.75) is 49.0 Å². The van der Waals surface area contributed by atoms with Crippen molar-refractivity contribution in [2.24, 2.45) is 0 Å². The first-order valence-electron chi connectivity index (χ1n) is 15.5. The summed E-state index contributed by atoms with van der Waals surface area (Å²) < 4.78 is 5.64. The van der Waals surface area contributed by atoms with E-state index in [0.29, 0.717) is 5.46 Å². The maximum absolute atomic E-state index is 8.67. The Kier molecular flexibility index (Phi) is 19.2. The molecule has 0 saturated heterocycles. The highest BCUT2D eigenvalue weighted by Crippen LogP contribution is 2.25. The summed E-state index contributed by atoms with van der Waals surface area (Å²) in [6, 6.07) is 41.4. The molecule has 0 aliphatic carbocycles. The third-order valence-corrected chi connectivity index (χ3v) is 7.97. The number of aryl methyl sites for hydroxylation is 6. The van der Waals surface area contributed by atoms with Crippen LogP contribution in [-0.4, -0.2) is 38.6 Å². The van der Waals surface area contributed by atoms with Crippen molar-refractivity contribution in [2.75, 3.05) is 0 Å². The summed E-state index contributed by atoms with van der Waals surface area (Å²) in [6.45, 7) is 12.6. The molecule has 6 aromatic rings. The minimum Gasteiger partial charge on any atom is -0.423 e. The van der Waals surface area contributed by atoms with Gasteiger partial charge in [0.05, 0.1) is 0 Å². The fourth-order valence-electron chi connectivity index (χ4n) is 5.08. The monoisotopic (exact) mass is 750 g/mol. The first-order chi connectivity index (χ1) is 23.9. The molecule has 6 rings (SSSR count).